The summed E-state index contributed by atoms with van der Waals surface area (Å²) >= 11 is 1.77. The van der Waals surface area contributed by atoms with Gasteiger partial charge in [-0.1, -0.05) is 12.1 Å². The van der Waals surface area contributed by atoms with Gasteiger partial charge in [-0.2, -0.15) is 11.8 Å². The van der Waals surface area contributed by atoms with Crippen molar-refractivity contribution in [1.29, 1.82) is 0 Å². The lowest BCUT2D eigenvalue weighted by Gasteiger charge is -2.28. The first-order valence-corrected chi connectivity index (χ1v) is 8.60. The number of urea groups is 1. The predicted molar refractivity (Wildman–Crippen MR) is 88.7 cm³/mol. The van der Waals surface area contributed by atoms with Crippen LogP contribution in [0.3, 0.4) is 0 Å². The fourth-order valence-electron chi connectivity index (χ4n) is 2.42. The fourth-order valence-corrected chi connectivity index (χ4v) is 2.84. The second kappa shape index (κ2) is 6.71. The maximum atomic E-state index is 12.1. The van der Waals surface area contributed by atoms with E-state index in [-0.39, 0.29) is 12.6 Å². The average Bonchev–Trinajstić information content (AvgIpc) is 3.31. The van der Waals surface area contributed by atoms with Crippen LogP contribution < -0.4 is 10.6 Å². The van der Waals surface area contributed by atoms with Gasteiger partial charge < -0.3 is 15.7 Å². The van der Waals surface area contributed by atoms with Gasteiger partial charge in [0.15, 0.2) is 0 Å². The molecule has 1 aliphatic carbocycles. The zero-order valence-corrected chi connectivity index (χ0v) is 13.7. The van der Waals surface area contributed by atoms with Crippen LogP contribution in [0.4, 0.5) is 10.5 Å². The summed E-state index contributed by atoms with van der Waals surface area (Å²) in [6.45, 7) is 4.00. The minimum atomic E-state index is -0.520. The smallest absolute Gasteiger partial charge is 0.319 e. The summed E-state index contributed by atoms with van der Waals surface area (Å²) in [7, 11) is 0. The fraction of sp³-hybridized carbons (Fsp3) is 0.562. The van der Waals surface area contributed by atoms with Crippen molar-refractivity contribution in [3.63, 3.8) is 0 Å². The Morgan fingerprint density at radius 1 is 1.52 bits per heavy atom. The van der Waals surface area contributed by atoms with Crippen LogP contribution >= 0.6 is 11.8 Å². The molecule has 116 valence electrons. The second-order valence-corrected chi connectivity index (χ2v) is 7.11. The Kier molecular flexibility index (Phi) is 5.17. The van der Waals surface area contributed by atoms with E-state index in [1.165, 1.54) is 5.56 Å². The maximum Gasteiger partial charge on any atom is 0.319 e. The predicted octanol–water partition coefficient (Wildman–Crippen LogP) is 3.39. The highest BCUT2D eigenvalue weighted by Crippen LogP contribution is 2.39. The van der Waals surface area contributed by atoms with Crippen LogP contribution in [0.1, 0.15) is 37.5 Å². The molecule has 1 aliphatic rings. The first kappa shape index (κ1) is 16.2. The third kappa shape index (κ3) is 4.14. The minimum absolute atomic E-state index is 0.0331. The number of aliphatic hydroxyl groups excluding tert-OH is 1. The normalized spacial score (nSPS) is 18.7. The van der Waals surface area contributed by atoms with Gasteiger partial charge in [-0.25, -0.2) is 4.79 Å². The lowest BCUT2D eigenvalue weighted by Crippen LogP contribution is -2.52. The number of amides is 2. The first-order valence-electron chi connectivity index (χ1n) is 7.31. The zero-order chi connectivity index (χ0) is 15.5. The van der Waals surface area contributed by atoms with E-state index in [1.807, 2.05) is 25.1 Å². The number of carbonyl (C=O) groups is 1. The summed E-state index contributed by atoms with van der Waals surface area (Å²) in [5.74, 6) is 0.385. The molecule has 4 nitrogen and oxygen atoms in total. The van der Waals surface area contributed by atoms with Gasteiger partial charge in [-0.05, 0) is 56.6 Å². The van der Waals surface area contributed by atoms with E-state index in [2.05, 4.69) is 29.9 Å². The van der Waals surface area contributed by atoms with Gasteiger partial charge in [-0.3, -0.25) is 0 Å². The van der Waals surface area contributed by atoms with Crippen molar-refractivity contribution in [2.45, 2.75) is 37.5 Å². The summed E-state index contributed by atoms with van der Waals surface area (Å²) in [5.41, 5.74) is 1.45. The molecule has 0 unspecified atom stereocenters. The maximum absolute atomic E-state index is 12.1. The Morgan fingerprint density at radius 3 is 2.81 bits per heavy atom. The summed E-state index contributed by atoms with van der Waals surface area (Å²) in [6, 6.07) is 7.63. The number of anilines is 1. The van der Waals surface area contributed by atoms with Gasteiger partial charge in [0.05, 0.1) is 12.1 Å². The molecule has 1 aromatic carbocycles. The van der Waals surface area contributed by atoms with Crippen molar-refractivity contribution < 1.29 is 9.90 Å². The lowest BCUT2D eigenvalue weighted by atomic mass is 9.97. The quantitative estimate of drug-likeness (QED) is 0.755. The topological polar surface area (TPSA) is 61.4 Å². The molecule has 0 aliphatic heterocycles. The van der Waals surface area contributed by atoms with Gasteiger partial charge >= 0.3 is 6.03 Å². The molecule has 1 fully saturated rings. The molecule has 1 aromatic rings. The van der Waals surface area contributed by atoms with Gasteiger partial charge in [0.1, 0.15) is 0 Å². The van der Waals surface area contributed by atoms with E-state index in [1.54, 1.807) is 11.8 Å². The molecular formula is C16H24N2O2S. The lowest BCUT2D eigenvalue weighted by molar-refractivity contribution is 0.159. The first-order chi connectivity index (χ1) is 9.98. The van der Waals surface area contributed by atoms with Crippen LogP contribution in [0, 0.1) is 5.92 Å². The number of thioether (sulfide) groups is 1. The Balaban J connectivity index is 1.99. The van der Waals surface area contributed by atoms with E-state index < -0.39 is 5.54 Å². The Labute approximate surface area is 130 Å². The van der Waals surface area contributed by atoms with Gasteiger partial charge in [0.2, 0.25) is 0 Å². The molecular weight excluding hydrogens is 284 g/mol. The Bertz CT molecular complexity index is 505. The molecule has 1 saturated carbocycles. The third-order valence-electron chi connectivity index (χ3n) is 4.17. The van der Waals surface area contributed by atoms with Crippen LogP contribution in [0.25, 0.3) is 0 Å². The van der Waals surface area contributed by atoms with Crippen molar-refractivity contribution in [2.24, 2.45) is 5.92 Å². The second-order valence-electron chi connectivity index (χ2n) is 5.93. The van der Waals surface area contributed by atoms with Crippen molar-refractivity contribution >= 4 is 23.5 Å². The number of hydrogen-bond donors (Lipinski definition) is 3. The Hall–Kier alpha value is -1.20. The van der Waals surface area contributed by atoms with E-state index in [4.69, 9.17) is 0 Å². The zero-order valence-electron chi connectivity index (χ0n) is 12.8. The summed E-state index contributed by atoms with van der Waals surface area (Å²) in [6.07, 6.45) is 4.20. The molecule has 0 aromatic heterocycles. The third-order valence-corrected chi connectivity index (χ3v) is 5.15. The number of benzene rings is 1. The molecule has 3 N–H and O–H groups in total. The van der Waals surface area contributed by atoms with Crippen molar-refractivity contribution in [3.8, 4) is 0 Å². The largest absolute Gasteiger partial charge is 0.394 e. The van der Waals surface area contributed by atoms with Gasteiger partial charge in [0, 0.05) is 10.9 Å². The highest BCUT2D eigenvalue weighted by Gasteiger charge is 2.42. The number of rotatable bonds is 6. The molecule has 0 spiro atoms. The van der Waals surface area contributed by atoms with E-state index >= 15 is 0 Å². The van der Waals surface area contributed by atoms with Crippen LogP contribution in [0.15, 0.2) is 24.3 Å². The van der Waals surface area contributed by atoms with E-state index in [0.717, 1.165) is 18.5 Å². The van der Waals surface area contributed by atoms with Crippen molar-refractivity contribution in [1.82, 2.24) is 5.32 Å². The van der Waals surface area contributed by atoms with Crippen LogP contribution in [-0.2, 0) is 0 Å². The van der Waals surface area contributed by atoms with Crippen LogP contribution in [0.2, 0.25) is 0 Å². The molecule has 2 amide bonds. The Morgan fingerprint density at radius 2 is 2.24 bits per heavy atom. The number of aliphatic hydroxyl groups is 1. The number of carbonyl (C=O) groups excluding carboxylic acids is 1. The summed E-state index contributed by atoms with van der Waals surface area (Å²) in [4.78, 5) is 12.1. The molecule has 0 saturated heterocycles. The van der Waals surface area contributed by atoms with Gasteiger partial charge in [-0.15, -0.1) is 0 Å². The molecule has 2 atom stereocenters. The summed E-state index contributed by atoms with van der Waals surface area (Å²) < 4.78 is 0. The standard InChI is InChI=1S/C16H24N2O2S/c1-11(21-3)12-5-4-6-14(9-12)17-15(20)18-16(2,10-19)13-7-8-13/h4-6,9,11,13,19H,7-8,10H2,1-3H3,(H2,17,18,20)/t11-,16+/m1/s1. The molecule has 5 heteroatoms. The molecule has 0 bridgehead atoms. The van der Waals surface area contributed by atoms with Crippen molar-refractivity contribution in [3.05, 3.63) is 29.8 Å². The highest BCUT2D eigenvalue weighted by atomic mass is 32.2. The highest BCUT2D eigenvalue weighted by molar-refractivity contribution is 7.98. The van der Waals surface area contributed by atoms with Crippen LogP contribution in [0.5, 0.6) is 0 Å². The van der Waals surface area contributed by atoms with E-state index in [9.17, 15) is 9.90 Å². The van der Waals surface area contributed by atoms with E-state index in [0.29, 0.717) is 11.2 Å². The van der Waals surface area contributed by atoms with Crippen LogP contribution in [-0.4, -0.2) is 29.5 Å². The molecule has 0 heterocycles. The molecule has 2 rings (SSSR count). The number of hydrogen-bond acceptors (Lipinski definition) is 3. The van der Waals surface area contributed by atoms with Gasteiger partial charge in [0.25, 0.3) is 0 Å². The summed E-state index contributed by atoms with van der Waals surface area (Å²) in [5, 5.41) is 15.7. The SMILES string of the molecule is CS[C@H](C)c1cccc(NC(=O)N[C@@](C)(CO)C2CC2)c1. The molecule has 0 radical (unpaired) electrons. The monoisotopic (exact) mass is 308 g/mol. The average molecular weight is 308 g/mol. The van der Waals surface area contributed by atoms with Crippen molar-refractivity contribution in [2.75, 3.05) is 18.2 Å². The molecule has 21 heavy (non-hydrogen) atoms. The minimum Gasteiger partial charge on any atom is -0.394 e. The number of nitrogens with one attached hydrogen (secondary N) is 2.